The van der Waals surface area contributed by atoms with Gasteiger partial charge in [-0.05, 0) is 96.3 Å². The Bertz CT molecular complexity index is 1480. The van der Waals surface area contributed by atoms with Gasteiger partial charge < -0.3 is 14.2 Å². The van der Waals surface area contributed by atoms with E-state index >= 15 is 0 Å². The van der Waals surface area contributed by atoms with Gasteiger partial charge in [0.05, 0.1) is 0 Å². The van der Waals surface area contributed by atoms with Crippen molar-refractivity contribution in [1.82, 2.24) is 0 Å². The lowest BCUT2D eigenvalue weighted by atomic mass is 10.0. The Labute approximate surface area is 464 Å². The van der Waals surface area contributed by atoms with E-state index < -0.39 is 6.10 Å². The highest BCUT2D eigenvalue weighted by Crippen LogP contribution is 2.16. The monoisotopic (exact) mass is 1040 g/mol. The fraction of sp³-hybridized carbons (Fsp3) is 0.725. The van der Waals surface area contributed by atoms with Crippen LogP contribution in [0.25, 0.3) is 0 Å². The number of carbonyl (C=O) groups excluding carboxylic acids is 3. The molecule has 0 N–H and O–H groups in total. The molecule has 0 aromatic carbocycles. The van der Waals surface area contributed by atoms with Gasteiger partial charge in [0.15, 0.2) is 6.10 Å². The molecule has 0 spiro atoms. The number of unbranched alkanes of at least 4 members (excludes halogenated alkanes) is 30. The van der Waals surface area contributed by atoms with Crippen molar-refractivity contribution < 1.29 is 28.6 Å². The van der Waals surface area contributed by atoms with E-state index in [-0.39, 0.29) is 31.1 Å². The summed E-state index contributed by atoms with van der Waals surface area (Å²) in [6, 6.07) is 0. The summed E-state index contributed by atoms with van der Waals surface area (Å²) in [6.45, 7) is 6.43. The second-order valence-corrected chi connectivity index (χ2v) is 20.9. The zero-order chi connectivity index (χ0) is 54.3. The summed E-state index contributed by atoms with van der Waals surface area (Å²) in [7, 11) is 0. The summed E-state index contributed by atoms with van der Waals surface area (Å²) < 4.78 is 16.9. The maximum atomic E-state index is 12.9. The van der Waals surface area contributed by atoms with Crippen LogP contribution in [-0.2, 0) is 28.6 Å². The van der Waals surface area contributed by atoms with Gasteiger partial charge in [0.1, 0.15) is 13.2 Å². The van der Waals surface area contributed by atoms with Crippen molar-refractivity contribution in [3.8, 4) is 0 Å². The van der Waals surface area contributed by atoms with E-state index in [2.05, 4.69) is 118 Å². The molecule has 0 fully saturated rings. The van der Waals surface area contributed by atoms with Crippen LogP contribution >= 0.6 is 0 Å². The lowest BCUT2D eigenvalue weighted by molar-refractivity contribution is -0.167. The van der Waals surface area contributed by atoms with Crippen LogP contribution < -0.4 is 0 Å². The van der Waals surface area contributed by atoms with E-state index in [9.17, 15) is 14.4 Å². The molecule has 6 nitrogen and oxygen atoms in total. The maximum Gasteiger partial charge on any atom is 0.306 e. The minimum Gasteiger partial charge on any atom is -0.462 e. The smallest absolute Gasteiger partial charge is 0.306 e. The van der Waals surface area contributed by atoms with Crippen molar-refractivity contribution in [3.63, 3.8) is 0 Å². The normalized spacial score (nSPS) is 12.7. The molecule has 6 heteroatoms. The molecule has 0 aliphatic rings. The lowest BCUT2D eigenvalue weighted by Crippen LogP contribution is -2.30. The molecule has 0 aliphatic carbocycles. The fourth-order valence-electron chi connectivity index (χ4n) is 8.90. The standard InChI is InChI=1S/C69H118O6/c1-4-7-10-13-16-19-22-25-27-29-31-32-33-34-35-36-38-39-41-44-47-50-53-56-59-62-68(71)74-65-66(64-73-67(70)61-58-55-52-49-46-43-24-21-18-15-12-9-6-3)75-69(72)63-60-57-54-51-48-45-42-40-37-30-28-26-23-20-17-14-11-8-5-2/h7-8,10-11,16-17,19-20,25-28,31-32,37,40,66H,4-6,9,12-15,18,21-24,29-30,33-36,38-39,41-65H2,1-3H3/b10-7-,11-8-,19-16-,20-17-,27-25-,28-26-,32-31-,40-37-. The molecule has 0 radical (unpaired) electrons. The Morgan fingerprint density at radius 1 is 0.280 bits per heavy atom. The first-order valence-corrected chi connectivity index (χ1v) is 31.7. The summed E-state index contributed by atoms with van der Waals surface area (Å²) in [6.07, 6.45) is 84.1. The Morgan fingerprint density at radius 2 is 0.520 bits per heavy atom. The quantitative estimate of drug-likeness (QED) is 0.0261. The highest BCUT2D eigenvalue weighted by atomic mass is 16.6. The average molecular weight is 1040 g/mol. The number of hydrogen-bond donors (Lipinski definition) is 0. The number of allylic oxidation sites excluding steroid dienone is 16. The molecule has 0 saturated carbocycles. The van der Waals surface area contributed by atoms with E-state index in [0.29, 0.717) is 19.3 Å². The zero-order valence-corrected chi connectivity index (χ0v) is 49.3. The predicted octanol–water partition coefficient (Wildman–Crippen LogP) is 21.7. The SMILES string of the molecule is CC/C=C\C/C=C\C/C=C\C/C=C\CCCCCCCCCCCCCCC(=O)OCC(COC(=O)CCCCCCCCCCCCCCC)OC(=O)CCCCCCCC/C=C\C/C=C\C/C=C\C/C=C\CC. The molecule has 0 aromatic rings. The Morgan fingerprint density at radius 3 is 0.813 bits per heavy atom. The summed E-state index contributed by atoms with van der Waals surface area (Å²) in [5.41, 5.74) is 0. The third-order valence-corrected chi connectivity index (χ3v) is 13.6. The van der Waals surface area contributed by atoms with Crippen molar-refractivity contribution in [2.24, 2.45) is 0 Å². The minimum atomic E-state index is -0.786. The maximum absolute atomic E-state index is 12.9. The van der Waals surface area contributed by atoms with Gasteiger partial charge in [-0.15, -0.1) is 0 Å². The number of hydrogen-bond acceptors (Lipinski definition) is 6. The molecule has 0 bridgehead atoms. The molecule has 0 aromatic heterocycles. The molecule has 0 aliphatic heterocycles. The molecule has 0 amide bonds. The lowest BCUT2D eigenvalue weighted by Gasteiger charge is -2.18. The van der Waals surface area contributed by atoms with Crippen molar-refractivity contribution in [3.05, 3.63) is 97.2 Å². The van der Waals surface area contributed by atoms with Crippen LogP contribution in [0.3, 0.4) is 0 Å². The van der Waals surface area contributed by atoms with Gasteiger partial charge in [-0.3, -0.25) is 14.4 Å². The molecule has 0 rings (SSSR count). The van der Waals surface area contributed by atoms with Crippen molar-refractivity contribution in [1.29, 1.82) is 0 Å². The van der Waals surface area contributed by atoms with Gasteiger partial charge in [0.25, 0.3) is 0 Å². The van der Waals surface area contributed by atoms with E-state index in [4.69, 9.17) is 14.2 Å². The minimum absolute atomic E-state index is 0.0811. The third kappa shape index (κ3) is 61.1. The van der Waals surface area contributed by atoms with Crippen molar-refractivity contribution in [2.45, 2.75) is 309 Å². The number of rotatable bonds is 57. The number of ether oxygens (including phenoxy) is 3. The van der Waals surface area contributed by atoms with Gasteiger partial charge in [-0.2, -0.15) is 0 Å². The highest BCUT2D eigenvalue weighted by molar-refractivity contribution is 5.71. The van der Waals surface area contributed by atoms with Crippen LogP contribution in [0.5, 0.6) is 0 Å². The molecule has 430 valence electrons. The first-order valence-electron chi connectivity index (χ1n) is 31.7. The Balaban J connectivity index is 4.33. The Kier molecular flexibility index (Phi) is 59.8. The van der Waals surface area contributed by atoms with Crippen LogP contribution in [0, 0.1) is 0 Å². The Hall–Kier alpha value is -3.67. The van der Waals surface area contributed by atoms with E-state index in [1.807, 2.05) is 0 Å². The second kappa shape index (κ2) is 62.9. The van der Waals surface area contributed by atoms with Crippen LogP contribution in [0.4, 0.5) is 0 Å². The largest absolute Gasteiger partial charge is 0.462 e. The third-order valence-electron chi connectivity index (χ3n) is 13.6. The van der Waals surface area contributed by atoms with Gasteiger partial charge >= 0.3 is 17.9 Å². The van der Waals surface area contributed by atoms with Gasteiger partial charge in [-0.25, -0.2) is 0 Å². The molecule has 1 atom stereocenters. The van der Waals surface area contributed by atoms with E-state index in [1.54, 1.807) is 0 Å². The summed E-state index contributed by atoms with van der Waals surface area (Å²) in [4.78, 5) is 38.3. The molecule has 0 saturated heterocycles. The molecular formula is C69H118O6. The van der Waals surface area contributed by atoms with Gasteiger partial charge in [0.2, 0.25) is 0 Å². The van der Waals surface area contributed by atoms with Crippen LogP contribution in [0.1, 0.15) is 303 Å². The summed E-state index contributed by atoms with van der Waals surface area (Å²) >= 11 is 0. The predicted molar refractivity (Wildman–Crippen MR) is 325 cm³/mol. The second-order valence-electron chi connectivity index (χ2n) is 20.9. The topological polar surface area (TPSA) is 78.9 Å². The molecular weight excluding hydrogens is 925 g/mol. The van der Waals surface area contributed by atoms with Gasteiger partial charge in [0, 0.05) is 19.3 Å². The molecule has 1 unspecified atom stereocenters. The first kappa shape index (κ1) is 71.3. The van der Waals surface area contributed by atoms with Gasteiger partial charge in [-0.1, -0.05) is 285 Å². The fourth-order valence-corrected chi connectivity index (χ4v) is 8.90. The van der Waals surface area contributed by atoms with Crippen LogP contribution in [0.15, 0.2) is 97.2 Å². The van der Waals surface area contributed by atoms with Crippen LogP contribution in [-0.4, -0.2) is 37.2 Å². The van der Waals surface area contributed by atoms with E-state index in [1.165, 1.54) is 141 Å². The summed E-state index contributed by atoms with van der Waals surface area (Å²) in [5, 5.41) is 0. The first-order chi connectivity index (χ1) is 37.0. The highest BCUT2D eigenvalue weighted by Gasteiger charge is 2.19. The molecule has 75 heavy (non-hydrogen) atoms. The number of esters is 3. The number of carbonyl (C=O) groups is 3. The summed E-state index contributed by atoms with van der Waals surface area (Å²) in [5.74, 6) is -0.886. The van der Waals surface area contributed by atoms with Crippen LogP contribution in [0.2, 0.25) is 0 Å². The average Bonchev–Trinajstić information content (AvgIpc) is 3.41. The van der Waals surface area contributed by atoms with Crippen molar-refractivity contribution in [2.75, 3.05) is 13.2 Å². The molecule has 0 heterocycles. The van der Waals surface area contributed by atoms with Crippen molar-refractivity contribution >= 4 is 17.9 Å². The van der Waals surface area contributed by atoms with E-state index in [0.717, 1.165) is 122 Å². The zero-order valence-electron chi connectivity index (χ0n) is 49.3.